The summed E-state index contributed by atoms with van der Waals surface area (Å²) in [6, 6.07) is 15.8. The lowest BCUT2D eigenvalue weighted by atomic mass is 10.1. The fourth-order valence-corrected chi connectivity index (χ4v) is 2.57. The molecule has 6 heteroatoms. The van der Waals surface area contributed by atoms with E-state index in [1.165, 1.54) is 0 Å². The van der Waals surface area contributed by atoms with Crippen LogP contribution in [0.3, 0.4) is 0 Å². The van der Waals surface area contributed by atoms with Gasteiger partial charge in [-0.25, -0.2) is 4.79 Å². The maximum Gasteiger partial charge on any atom is 0.319 e. The molecule has 26 heavy (non-hydrogen) atoms. The van der Waals surface area contributed by atoms with E-state index in [1.807, 2.05) is 44.2 Å². The van der Waals surface area contributed by atoms with Gasteiger partial charge in [0.2, 0.25) is 0 Å². The van der Waals surface area contributed by atoms with E-state index in [-0.39, 0.29) is 18.0 Å². The summed E-state index contributed by atoms with van der Waals surface area (Å²) in [7, 11) is 0. The van der Waals surface area contributed by atoms with Gasteiger partial charge in [-0.15, -0.1) is 0 Å². The summed E-state index contributed by atoms with van der Waals surface area (Å²) in [6.45, 7) is 3.75. The molecule has 0 fully saturated rings. The molecular formula is C20H20N4O2. The van der Waals surface area contributed by atoms with Crippen molar-refractivity contribution in [2.45, 2.75) is 19.9 Å². The van der Waals surface area contributed by atoms with Gasteiger partial charge < -0.3 is 16.0 Å². The number of anilines is 2. The highest BCUT2D eigenvalue weighted by atomic mass is 16.2. The van der Waals surface area contributed by atoms with Crippen molar-refractivity contribution in [2.24, 2.45) is 0 Å². The number of aromatic nitrogens is 1. The zero-order valence-corrected chi connectivity index (χ0v) is 14.6. The molecule has 2 aromatic carbocycles. The Morgan fingerprint density at radius 2 is 1.77 bits per heavy atom. The van der Waals surface area contributed by atoms with Gasteiger partial charge in [0.25, 0.3) is 5.91 Å². The molecule has 0 aliphatic heterocycles. The van der Waals surface area contributed by atoms with Crippen LogP contribution in [-0.4, -0.2) is 23.0 Å². The Bertz CT molecular complexity index is 948. The molecule has 0 atom stereocenters. The summed E-state index contributed by atoms with van der Waals surface area (Å²) in [5.74, 6) is -0.255. The van der Waals surface area contributed by atoms with Gasteiger partial charge in [-0.05, 0) is 56.3 Å². The van der Waals surface area contributed by atoms with E-state index in [9.17, 15) is 9.59 Å². The Balaban J connectivity index is 1.77. The predicted molar refractivity (Wildman–Crippen MR) is 103 cm³/mol. The van der Waals surface area contributed by atoms with Crippen LogP contribution in [0.5, 0.6) is 0 Å². The van der Waals surface area contributed by atoms with Crippen LogP contribution in [0.1, 0.15) is 24.2 Å². The van der Waals surface area contributed by atoms with Gasteiger partial charge in [0.1, 0.15) is 0 Å². The number of rotatable bonds is 4. The average molecular weight is 348 g/mol. The van der Waals surface area contributed by atoms with Crippen molar-refractivity contribution in [2.75, 3.05) is 10.6 Å². The number of fused-ring (bicyclic) bond motifs is 1. The third kappa shape index (κ3) is 4.16. The van der Waals surface area contributed by atoms with Crippen LogP contribution >= 0.6 is 0 Å². The summed E-state index contributed by atoms with van der Waals surface area (Å²) in [5.41, 5.74) is 2.51. The Morgan fingerprint density at radius 3 is 2.58 bits per heavy atom. The first-order valence-electron chi connectivity index (χ1n) is 8.35. The highest BCUT2D eigenvalue weighted by molar-refractivity contribution is 6.09. The SMILES string of the molecule is CC(C)NC(=O)Nc1cccc(C(=O)Nc2cccc3ncccc23)c1. The molecule has 3 aromatic rings. The van der Waals surface area contributed by atoms with E-state index in [0.29, 0.717) is 16.9 Å². The molecular weight excluding hydrogens is 328 g/mol. The minimum Gasteiger partial charge on any atom is -0.336 e. The summed E-state index contributed by atoms with van der Waals surface area (Å²) in [6.07, 6.45) is 1.71. The number of amides is 3. The zero-order valence-electron chi connectivity index (χ0n) is 14.6. The van der Waals surface area contributed by atoms with Gasteiger partial charge in [0, 0.05) is 28.9 Å². The average Bonchev–Trinajstić information content (AvgIpc) is 2.61. The monoisotopic (exact) mass is 348 g/mol. The van der Waals surface area contributed by atoms with E-state index >= 15 is 0 Å². The van der Waals surface area contributed by atoms with Crippen LogP contribution in [0, 0.1) is 0 Å². The number of carbonyl (C=O) groups excluding carboxylic acids is 2. The first-order valence-corrected chi connectivity index (χ1v) is 8.35. The minimum absolute atomic E-state index is 0.0291. The Labute approximate surface area is 151 Å². The molecule has 3 amide bonds. The predicted octanol–water partition coefficient (Wildman–Crippen LogP) is 4.02. The van der Waals surface area contributed by atoms with Crippen molar-refractivity contribution in [3.63, 3.8) is 0 Å². The summed E-state index contributed by atoms with van der Waals surface area (Å²) in [4.78, 5) is 28.7. The van der Waals surface area contributed by atoms with Crippen molar-refractivity contribution >= 4 is 34.2 Å². The van der Waals surface area contributed by atoms with Crippen LogP contribution in [0.15, 0.2) is 60.8 Å². The number of nitrogens with one attached hydrogen (secondary N) is 3. The van der Waals surface area contributed by atoms with Crippen LogP contribution in [0.2, 0.25) is 0 Å². The Morgan fingerprint density at radius 1 is 0.962 bits per heavy atom. The highest BCUT2D eigenvalue weighted by Crippen LogP contribution is 2.22. The quantitative estimate of drug-likeness (QED) is 0.666. The minimum atomic E-state index is -0.308. The lowest BCUT2D eigenvalue weighted by molar-refractivity contribution is 0.102. The summed E-state index contributed by atoms with van der Waals surface area (Å²) >= 11 is 0. The molecule has 1 aromatic heterocycles. The third-order valence-corrected chi connectivity index (χ3v) is 3.70. The molecule has 6 nitrogen and oxygen atoms in total. The maximum absolute atomic E-state index is 12.6. The van der Waals surface area contributed by atoms with Gasteiger partial charge in [-0.1, -0.05) is 12.1 Å². The molecule has 0 unspecified atom stereocenters. The molecule has 3 N–H and O–H groups in total. The molecule has 132 valence electrons. The fraction of sp³-hybridized carbons (Fsp3) is 0.150. The Kier molecular flexibility index (Phi) is 5.12. The summed E-state index contributed by atoms with van der Waals surface area (Å²) in [5, 5.41) is 9.24. The third-order valence-electron chi connectivity index (χ3n) is 3.70. The van der Waals surface area contributed by atoms with E-state index in [1.54, 1.807) is 30.5 Å². The van der Waals surface area contributed by atoms with E-state index in [2.05, 4.69) is 20.9 Å². The van der Waals surface area contributed by atoms with Crippen molar-refractivity contribution < 1.29 is 9.59 Å². The number of carbonyl (C=O) groups is 2. The number of nitrogens with zero attached hydrogens (tertiary/aromatic N) is 1. The van der Waals surface area contributed by atoms with E-state index in [0.717, 1.165) is 10.9 Å². The lowest BCUT2D eigenvalue weighted by Crippen LogP contribution is -2.34. The van der Waals surface area contributed by atoms with Crippen LogP contribution in [-0.2, 0) is 0 Å². The van der Waals surface area contributed by atoms with Gasteiger partial charge in [-0.3, -0.25) is 9.78 Å². The second kappa shape index (κ2) is 7.65. The van der Waals surface area contributed by atoms with Crippen molar-refractivity contribution in [1.82, 2.24) is 10.3 Å². The van der Waals surface area contributed by atoms with Crippen molar-refractivity contribution in [3.05, 3.63) is 66.4 Å². The topological polar surface area (TPSA) is 83.1 Å². The first-order chi connectivity index (χ1) is 12.5. The van der Waals surface area contributed by atoms with Gasteiger partial charge in [0.05, 0.1) is 11.2 Å². The second-order valence-corrected chi connectivity index (χ2v) is 6.16. The Hall–Kier alpha value is -3.41. The van der Waals surface area contributed by atoms with Gasteiger partial charge in [-0.2, -0.15) is 0 Å². The van der Waals surface area contributed by atoms with E-state index in [4.69, 9.17) is 0 Å². The summed E-state index contributed by atoms with van der Waals surface area (Å²) < 4.78 is 0. The number of hydrogen-bond donors (Lipinski definition) is 3. The molecule has 0 aliphatic rings. The first kappa shape index (κ1) is 17.4. The smallest absolute Gasteiger partial charge is 0.319 e. The fourth-order valence-electron chi connectivity index (χ4n) is 2.57. The molecule has 0 bridgehead atoms. The normalized spacial score (nSPS) is 10.6. The molecule has 0 saturated heterocycles. The van der Waals surface area contributed by atoms with Crippen LogP contribution < -0.4 is 16.0 Å². The highest BCUT2D eigenvalue weighted by Gasteiger charge is 2.10. The standard InChI is InChI=1S/C20H20N4O2/c1-13(2)22-20(26)23-15-7-3-6-14(12-15)19(25)24-18-10-4-9-17-16(18)8-5-11-21-17/h3-13H,1-2H3,(H,24,25)(H2,22,23,26). The molecule has 1 heterocycles. The van der Waals surface area contributed by atoms with Gasteiger partial charge in [0.15, 0.2) is 0 Å². The van der Waals surface area contributed by atoms with E-state index < -0.39 is 0 Å². The number of hydrogen-bond acceptors (Lipinski definition) is 3. The maximum atomic E-state index is 12.6. The molecule has 0 radical (unpaired) electrons. The molecule has 3 rings (SSSR count). The lowest BCUT2D eigenvalue weighted by Gasteiger charge is -2.12. The second-order valence-electron chi connectivity index (χ2n) is 6.16. The largest absolute Gasteiger partial charge is 0.336 e. The zero-order chi connectivity index (χ0) is 18.5. The van der Waals surface area contributed by atoms with Gasteiger partial charge >= 0.3 is 6.03 Å². The van der Waals surface area contributed by atoms with Crippen LogP contribution in [0.25, 0.3) is 10.9 Å². The van der Waals surface area contributed by atoms with Crippen molar-refractivity contribution in [1.29, 1.82) is 0 Å². The molecule has 0 saturated carbocycles. The molecule has 0 spiro atoms. The number of pyridine rings is 1. The number of urea groups is 1. The van der Waals surface area contributed by atoms with Crippen LogP contribution in [0.4, 0.5) is 16.2 Å². The van der Waals surface area contributed by atoms with Crippen molar-refractivity contribution in [3.8, 4) is 0 Å². The molecule has 0 aliphatic carbocycles. The number of benzene rings is 2.